The molecule has 0 aliphatic heterocycles. The second kappa shape index (κ2) is 21.5. The number of nitrogens with two attached hydrogens (primary N) is 2. The Balaban J connectivity index is 0. The second-order valence-electron chi connectivity index (χ2n) is 9.41. The SMILES string of the molecule is C=C(NCc1ccc(N)c(CNC2=CC(=C)C2C)c1)C(/C=C(\C)C(=C)C)=N\C(C)=C\C(C)CC.CC.CC.CN. The lowest BCUT2D eigenvalue weighted by Crippen LogP contribution is -2.26. The van der Waals surface area contributed by atoms with E-state index in [1.54, 1.807) is 0 Å². The highest BCUT2D eigenvalue weighted by molar-refractivity contribution is 6.08. The summed E-state index contributed by atoms with van der Waals surface area (Å²) in [6, 6.07) is 6.15. The lowest BCUT2D eigenvalue weighted by molar-refractivity contribution is 0.640. The molecule has 224 valence electrons. The lowest BCUT2D eigenvalue weighted by atomic mass is 9.87. The van der Waals surface area contributed by atoms with E-state index in [4.69, 9.17) is 10.7 Å². The van der Waals surface area contributed by atoms with Crippen LogP contribution in [0.2, 0.25) is 0 Å². The van der Waals surface area contributed by atoms with Gasteiger partial charge in [-0.2, -0.15) is 0 Å². The summed E-state index contributed by atoms with van der Waals surface area (Å²) < 4.78 is 0. The van der Waals surface area contributed by atoms with Gasteiger partial charge >= 0.3 is 0 Å². The average Bonchev–Trinajstić information content (AvgIpc) is 2.97. The van der Waals surface area contributed by atoms with E-state index >= 15 is 0 Å². The molecule has 6 N–H and O–H groups in total. The van der Waals surface area contributed by atoms with Crippen LogP contribution in [0.1, 0.15) is 86.8 Å². The van der Waals surface area contributed by atoms with Crippen molar-refractivity contribution in [3.05, 3.63) is 101 Å². The van der Waals surface area contributed by atoms with Gasteiger partial charge in [-0.15, -0.1) is 0 Å². The summed E-state index contributed by atoms with van der Waals surface area (Å²) in [5.74, 6) is 0.872. The van der Waals surface area contributed by atoms with Crippen LogP contribution >= 0.6 is 0 Å². The molecule has 2 unspecified atom stereocenters. The van der Waals surface area contributed by atoms with Crippen molar-refractivity contribution in [3.8, 4) is 0 Å². The van der Waals surface area contributed by atoms with Crippen LogP contribution in [-0.2, 0) is 13.1 Å². The number of aliphatic imine (C=N–C) groups is 1. The minimum atomic E-state index is 0.389. The zero-order chi connectivity index (χ0) is 31.4. The van der Waals surface area contributed by atoms with Crippen LogP contribution in [0, 0.1) is 11.8 Å². The van der Waals surface area contributed by atoms with Crippen LogP contribution in [0.4, 0.5) is 5.69 Å². The molecular formula is C35H59N5. The number of rotatable bonds is 12. The molecule has 2 atom stereocenters. The fourth-order valence-corrected chi connectivity index (χ4v) is 3.45. The van der Waals surface area contributed by atoms with Gasteiger partial charge in [-0.05, 0) is 74.2 Å². The molecule has 0 aromatic heterocycles. The number of benzene rings is 1. The first-order valence-electron chi connectivity index (χ1n) is 14.7. The van der Waals surface area contributed by atoms with Crippen molar-refractivity contribution in [1.29, 1.82) is 0 Å². The highest BCUT2D eigenvalue weighted by Gasteiger charge is 2.20. The Morgan fingerprint density at radius 2 is 1.68 bits per heavy atom. The van der Waals surface area contributed by atoms with E-state index in [0.717, 1.165) is 57.1 Å². The van der Waals surface area contributed by atoms with E-state index in [1.165, 1.54) is 12.7 Å². The zero-order valence-corrected chi connectivity index (χ0v) is 27.5. The first-order chi connectivity index (χ1) is 19.0. The van der Waals surface area contributed by atoms with Crippen LogP contribution in [0.3, 0.4) is 0 Å². The van der Waals surface area contributed by atoms with Crippen LogP contribution in [-0.4, -0.2) is 12.8 Å². The standard InChI is InChI=1S/C30H42N4.2C2H6.CH5N/c1-10-20(4)13-23(7)34-30(14-21(5)19(2)3)25(9)32-17-26-11-12-28(31)27(16-26)18-33-29-15-22(6)24(29)8;3*1-2/h11-16,20,24,32-33H,2,6,9-10,17-18,31H2,1,3-5,7-8H3;2*1-2H3;2H2,1H3/b21-14+,23-13+,34-30-;;;. The molecule has 0 fully saturated rings. The lowest BCUT2D eigenvalue weighted by Gasteiger charge is -2.27. The Bertz CT molecular complexity index is 1070. The molecule has 0 saturated heterocycles. The van der Waals surface area contributed by atoms with Gasteiger partial charge in [-0.3, -0.25) is 4.99 Å². The summed E-state index contributed by atoms with van der Waals surface area (Å²) in [6.45, 7) is 34.3. The Labute approximate surface area is 247 Å². The quantitative estimate of drug-likeness (QED) is 0.119. The maximum Gasteiger partial charge on any atom is 0.0860 e. The Morgan fingerprint density at radius 3 is 2.17 bits per heavy atom. The summed E-state index contributed by atoms with van der Waals surface area (Å²) in [5, 5.41) is 6.93. The number of nitrogen functional groups attached to an aromatic ring is 1. The van der Waals surface area contributed by atoms with Crippen molar-refractivity contribution in [2.24, 2.45) is 22.6 Å². The van der Waals surface area contributed by atoms with E-state index in [0.29, 0.717) is 24.9 Å². The van der Waals surface area contributed by atoms with Crippen molar-refractivity contribution in [2.75, 3.05) is 12.8 Å². The molecule has 1 aliphatic rings. The van der Waals surface area contributed by atoms with Crippen LogP contribution in [0.5, 0.6) is 0 Å². The van der Waals surface area contributed by atoms with Gasteiger partial charge in [0.2, 0.25) is 0 Å². The van der Waals surface area contributed by atoms with E-state index in [1.807, 2.05) is 66.7 Å². The fraction of sp³-hybridized carbons (Fsp3) is 0.457. The minimum Gasteiger partial charge on any atom is -0.398 e. The summed E-state index contributed by atoms with van der Waals surface area (Å²) in [7, 11) is 1.50. The fourth-order valence-electron chi connectivity index (χ4n) is 3.45. The third kappa shape index (κ3) is 13.7. The van der Waals surface area contributed by atoms with E-state index < -0.39 is 0 Å². The van der Waals surface area contributed by atoms with E-state index in [2.05, 4.69) is 75.1 Å². The number of nitrogens with one attached hydrogen (secondary N) is 2. The predicted octanol–water partition coefficient (Wildman–Crippen LogP) is 8.59. The molecule has 0 amide bonds. The smallest absolute Gasteiger partial charge is 0.0860 e. The molecule has 1 aliphatic carbocycles. The molecule has 1 aromatic carbocycles. The van der Waals surface area contributed by atoms with Gasteiger partial charge < -0.3 is 22.1 Å². The summed E-state index contributed by atoms with van der Waals surface area (Å²) >= 11 is 0. The first kappa shape index (κ1) is 38.8. The monoisotopic (exact) mass is 549 g/mol. The largest absolute Gasteiger partial charge is 0.398 e. The second-order valence-corrected chi connectivity index (χ2v) is 9.41. The number of allylic oxidation sites excluding steroid dienone is 7. The molecule has 5 nitrogen and oxygen atoms in total. The van der Waals surface area contributed by atoms with Crippen molar-refractivity contribution in [1.82, 2.24) is 10.6 Å². The van der Waals surface area contributed by atoms with Crippen LogP contribution in [0.25, 0.3) is 0 Å². The summed E-state index contributed by atoms with van der Waals surface area (Å²) in [5.41, 5.74) is 20.8. The number of anilines is 1. The number of nitrogens with zero attached hydrogens (tertiary/aromatic N) is 1. The van der Waals surface area contributed by atoms with Crippen molar-refractivity contribution in [2.45, 2.75) is 88.7 Å². The Morgan fingerprint density at radius 1 is 1.07 bits per heavy atom. The van der Waals surface area contributed by atoms with E-state index in [-0.39, 0.29) is 0 Å². The van der Waals surface area contributed by atoms with Gasteiger partial charge in [-0.25, -0.2) is 0 Å². The molecule has 0 heterocycles. The van der Waals surface area contributed by atoms with Gasteiger partial charge in [0.05, 0.1) is 11.4 Å². The molecule has 5 heteroatoms. The van der Waals surface area contributed by atoms with Gasteiger partial charge in [0, 0.05) is 36.1 Å². The van der Waals surface area contributed by atoms with E-state index in [9.17, 15) is 0 Å². The minimum absolute atomic E-state index is 0.389. The maximum atomic E-state index is 6.23. The highest BCUT2D eigenvalue weighted by Crippen LogP contribution is 2.29. The van der Waals surface area contributed by atoms with Crippen LogP contribution < -0.4 is 22.1 Å². The van der Waals surface area contributed by atoms with Gasteiger partial charge in [0.25, 0.3) is 0 Å². The first-order valence-corrected chi connectivity index (χ1v) is 14.7. The molecule has 2 rings (SSSR count). The molecule has 40 heavy (non-hydrogen) atoms. The number of hydrogen-bond acceptors (Lipinski definition) is 5. The molecule has 0 spiro atoms. The maximum absolute atomic E-state index is 6.23. The zero-order valence-electron chi connectivity index (χ0n) is 27.5. The van der Waals surface area contributed by atoms with Crippen LogP contribution in [0.15, 0.2) is 95.0 Å². The molecule has 0 radical (unpaired) electrons. The Kier molecular flexibility index (Phi) is 20.9. The normalized spacial score (nSPS) is 15.4. The summed E-state index contributed by atoms with van der Waals surface area (Å²) in [6.07, 6.45) is 7.42. The molecule has 1 aromatic rings. The van der Waals surface area contributed by atoms with Crippen molar-refractivity contribution in [3.63, 3.8) is 0 Å². The predicted molar refractivity (Wildman–Crippen MR) is 182 cm³/mol. The molecule has 0 saturated carbocycles. The average molecular weight is 550 g/mol. The van der Waals surface area contributed by atoms with Gasteiger partial charge in [0.15, 0.2) is 0 Å². The topological polar surface area (TPSA) is 88.5 Å². The third-order valence-electron chi connectivity index (χ3n) is 6.36. The third-order valence-corrected chi connectivity index (χ3v) is 6.36. The van der Waals surface area contributed by atoms with Crippen molar-refractivity contribution < 1.29 is 0 Å². The van der Waals surface area contributed by atoms with Gasteiger partial charge in [-0.1, -0.05) is 98.4 Å². The van der Waals surface area contributed by atoms with Gasteiger partial charge in [0.1, 0.15) is 0 Å². The van der Waals surface area contributed by atoms with Crippen molar-refractivity contribution >= 4 is 11.4 Å². The Hall–Kier alpha value is -3.31. The summed E-state index contributed by atoms with van der Waals surface area (Å²) in [4.78, 5) is 4.86. The molecule has 0 bridgehead atoms. The molecular weight excluding hydrogens is 490 g/mol. The highest BCUT2D eigenvalue weighted by atomic mass is 14.9. The number of hydrogen-bond donors (Lipinski definition) is 4.